The van der Waals surface area contributed by atoms with Gasteiger partial charge in [-0.1, -0.05) is 6.42 Å². The van der Waals surface area contributed by atoms with Crippen LogP contribution in [-0.2, 0) is 16.4 Å². The van der Waals surface area contributed by atoms with E-state index in [1.807, 2.05) is 43.7 Å². The van der Waals surface area contributed by atoms with Crippen LogP contribution in [0.2, 0.25) is 0 Å². The smallest absolute Gasteiger partial charge is 0.303 e. The van der Waals surface area contributed by atoms with Gasteiger partial charge in [0.05, 0.1) is 40.0 Å². The van der Waals surface area contributed by atoms with Gasteiger partial charge in [0.25, 0.3) is 0 Å². The fourth-order valence-corrected chi connectivity index (χ4v) is 8.00. The van der Waals surface area contributed by atoms with Crippen molar-refractivity contribution in [3.8, 4) is 16.9 Å². The second kappa shape index (κ2) is 15.7. The summed E-state index contributed by atoms with van der Waals surface area (Å²) in [7, 11) is 0.758. The number of hydrogen-bond donors (Lipinski definition) is 3. The highest BCUT2D eigenvalue weighted by Crippen LogP contribution is 2.42. The molecule has 0 aliphatic carbocycles. The third-order valence-electron chi connectivity index (χ3n) is 8.81. The molecule has 0 unspecified atom stereocenters. The fourth-order valence-electron chi connectivity index (χ4n) is 6.32. The summed E-state index contributed by atoms with van der Waals surface area (Å²) in [5, 5.41) is 20.7. The molecule has 0 saturated carbocycles. The minimum atomic E-state index is -2.78. The number of halogens is 1. The molecule has 6 rings (SSSR count). The van der Waals surface area contributed by atoms with Gasteiger partial charge < -0.3 is 29.9 Å². The molecule has 2 aromatic carbocycles. The number of piperazine rings is 1. The number of ether oxygens (including phenoxy) is 1. The van der Waals surface area contributed by atoms with E-state index in [4.69, 9.17) is 14.8 Å². The van der Waals surface area contributed by atoms with Crippen molar-refractivity contribution in [2.45, 2.75) is 25.7 Å². The van der Waals surface area contributed by atoms with Gasteiger partial charge in [-0.2, -0.15) is 10.1 Å². The number of nitrogens with zero attached hydrogens (tertiary/aromatic N) is 8. The number of aryl methyl sites for hydroxylation is 1. The maximum absolute atomic E-state index is 13.5. The molecule has 1 saturated heterocycles. The average molecular weight is 778 g/mol. The lowest BCUT2D eigenvalue weighted by Gasteiger charge is -2.37. The summed E-state index contributed by atoms with van der Waals surface area (Å²) in [5.74, 6) is 0.713. The molecule has 5 aromatic rings. The number of nitrogens with one attached hydrogen (secondary N) is 2. The van der Waals surface area contributed by atoms with Crippen molar-refractivity contribution in [2.75, 3.05) is 68.7 Å². The van der Waals surface area contributed by atoms with E-state index < -0.39 is 13.1 Å². The van der Waals surface area contributed by atoms with Gasteiger partial charge in [-0.05, 0) is 66.8 Å². The van der Waals surface area contributed by atoms with Crippen molar-refractivity contribution >= 4 is 74.2 Å². The molecule has 0 amide bonds. The third-order valence-corrected chi connectivity index (χ3v) is 10.9. The molecule has 0 bridgehead atoms. The van der Waals surface area contributed by atoms with Crippen molar-refractivity contribution in [1.29, 1.82) is 0 Å². The van der Waals surface area contributed by atoms with Crippen molar-refractivity contribution in [3.05, 3.63) is 59.7 Å². The lowest BCUT2D eigenvalue weighted by atomic mass is 10.0. The minimum Gasteiger partial charge on any atom is -0.494 e. The molecule has 0 atom stereocenters. The maximum Gasteiger partial charge on any atom is 0.303 e. The van der Waals surface area contributed by atoms with E-state index >= 15 is 0 Å². The Morgan fingerprint density at radius 3 is 2.49 bits per heavy atom. The van der Waals surface area contributed by atoms with Gasteiger partial charge in [-0.25, -0.2) is 4.98 Å². The summed E-state index contributed by atoms with van der Waals surface area (Å²) >= 11 is 3.58. The number of fused-ring (bicyclic) bond motifs is 1. The summed E-state index contributed by atoms with van der Waals surface area (Å²) in [4.78, 5) is 33.9. The monoisotopic (exact) mass is 776 g/mol. The summed E-state index contributed by atoms with van der Waals surface area (Å²) in [6.45, 7) is 7.90. The van der Waals surface area contributed by atoms with Crippen LogP contribution in [0.4, 0.5) is 28.8 Å². The van der Waals surface area contributed by atoms with E-state index in [1.54, 1.807) is 43.7 Å². The van der Waals surface area contributed by atoms with Crippen LogP contribution >= 0.6 is 23.1 Å². The Morgan fingerprint density at radius 1 is 1.00 bits per heavy atom. The van der Waals surface area contributed by atoms with E-state index in [0.717, 1.165) is 68.8 Å². The van der Waals surface area contributed by atoms with Crippen LogP contribution in [-0.4, -0.2) is 98.9 Å². The van der Waals surface area contributed by atoms with E-state index in [-0.39, 0.29) is 6.42 Å². The number of anilines is 5. The number of carboxylic acid groups (broad SMARTS) is 1. The molecular weight excluding hydrogens is 735 g/mol. The quantitative estimate of drug-likeness (QED) is 0.0878. The van der Waals surface area contributed by atoms with E-state index in [0.29, 0.717) is 49.7 Å². The number of unbranched alkanes of at least 4 members (excludes halogenated alkanes) is 2. The molecule has 51 heavy (non-hydrogen) atoms. The molecule has 0 spiro atoms. The minimum absolute atomic E-state index is 0.230. The van der Waals surface area contributed by atoms with E-state index in [9.17, 15) is 9.36 Å². The van der Waals surface area contributed by atoms with Crippen LogP contribution in [0, 0.1) is 0 Å². The van der Waals surface area contributed by atoms with E-state index in [2.05, 4.69) is 56.4 Å². The van der Waals surface area contributed by atoms with Crippen LogP contribution in [0.1, 0.15) is 25.7 Å². The first kappa shape index (κ1) is 36.2. The zero-order valence-electron chi connectivity index (χ0n) is 29.1. The number of aromatic nitrogens is 6. The molecule has 4 heterocycles. The Labute approximate surface area is 305 Å². The first-order valence-corrected chi connectivity index (χ1v) is 20.2. The predicted molar refractivity (Wildman–Crippen MR) is 205 cm³/mol. The highest BCUT2D eigenvalue weighted by atomic mass is 79.9. The van der Waals surface area contributed by atoms with Gasteiger partial charge in [0, 0.05) is 87.3 Å². The molecule has 3 N–H and O–H groups in total. The van der Waals surface area contributed by atoms with Crippen LogP contribution in [0.5, 0.6) is 5.75 Å². The van der Waals surface area contributed by atoms with Crippen molar-refractivity contribution in [1.82, 2.24) is 34.6 Å². The van der Waals surface area contributed by atoms with Gasteiger partial charge in [0.2, 0.25) is 5.95 Å². The topological polar surface area (TPSA) is 164 Å². The van der Waals surface area contributed by atoms with Gasteiger partial charge in [0.15, 0.2) is 0 Å². The molecular formula is C35H42BrN10O4P. The Balaban J connectivity index is 1.26. The number of carboxylic acids is 1. The highest BCUT2D eigenvalue weighted by Gasteiger charge is 2.24. The standard InChI is InChI=1S/C35H42BrN10O4P/c1-44-22-23(20-40-44)24-18-28(30(50-2)19-29(24)46-16-14-45(15-17-46)13-7-5-6-8-31(47)48)42-35-39-21-25(36)34(43-35)41-27-10-9-26-32(38-12-11-37-26)33(27)51(3,4)49/h9-12,18-22H,5-8,13-17H2,1-4H3,(H,47,48)(H2,39,41,42,43). The summed E-state index contributed by atoms with van der Waals surface area (Å²) < 4.78 is 21.8. The molecule has 0 radical (unpaired) electrons. The zero-order chi connectivity index (χ0) is 36.1. The Morgan fingerprint density at radius 2 is 1.78 bits per heavy atom. The molecule has 3 aromatic heterocycles. The molecule has 16 heteroatoms. The molecule has 14 nitrogen and oxygen atoms in total. The largest absolute Gasteiger partial charge is 0.494 e. The SMILES string of the molecule is COc1cc(N2CCN(CCCCCC(=O)O)CC2)c(-c2cnn(C)c2)cc1Nc1ncc(Br)c(Nc2ccc3nccnc3c2P(C)(C)=O)n1. The molecule has 1 fully saturated rings. The zero-order valence-corrected chi connectivity index (χ0v) is 31.6. The van der Waals surface area contributed by atoms with Gasteiger partial charge in [0.1, 0.15) is 24.2 Å². The number of hydrogen-bond acceptors (Lipinski definition) is 12. The summed E-state index contributed by atoms with van der Waals surface area (Å²) in [5.41, 5.74) is 5.56. The first-order valence-electron chi connectivity index (χ1n) is 16.8. The second-order valence-corrected chi connectivity index (χ2v) is 16.9. The molecule has 1 aliphatic heterocycles. The number of aliphatic carboxylic acids is 1. The summed E-state index contributed by atoms with van der Waals surface area (Å²) in [6, 6.07) is 7.78. The Kier molecular flexibility index (Phi) is 11.2. The van der Waals surface area contributed by atoms with Crippen LogP contribution < -0.4 is 25.6 Å². The number of methoxy groups -OCH3 is 1. The van der Waals surface area contributed by atoms with Gasteiger partial charge in [-0.3, -0.25) is 24.3 Å². The van der Waals surface area contributed by atoms with Crippen molar-refractivity contribution in [2.24, 2.45) is 7.05 Å². The van der Waals surface area contributed by atoms with E-state index in [1.165, 1.54) is 0 Å². The van der Waals surface area contributed by atoms with Crippen LogP contribution in [0.3, 0.4) is 0 Å². The lowest BCUT2D eigenvalue weighted by Crippen LogP contribution is -2.46. The Bertz CT molecular complexity index is 2080. The highest BCUT2D eigenvalue weighted by molar-refractivity contribution is 9.10. The average Bonchev–Trinajstić information content (AvgIpc) is 3.54. The van der Waals surface area contributed by atoms with Gasteiger partial charge in [-0.15, -0.1) is 0 Å². The van der Waals surface area contributed by atoms with Crippen molar-refractivity contribution < 1.29 is 19.2 Å². The first-order chi connectivity index (χ1) is 24.5. The normalized spacial score (nSPS) is 13.8. The number of rotatable bonds is 14. The third kappa shape index (κ3) is 8.66. The van der Waals surface area contributed by atoms with Crippen LogP contribution in [0.15, 0.2) is 59.7 Å². The number of benzene rings is 2. The maximum atomic E-state index is 13.5. The van der Waals surface area contributed by atoms with Crippen LogP contribution in [0.25, 0.3) is 22.2 Å². The molecule has 1 aliphatic rings. The van der Waals surface area contributed by atoms with Crippen molar-refractivity contribution in [3.63, 3.8) is 0 Å². The summed E-state index contributed by atoms with van der Waals surface area (Å²) in [6.07, 6.45) is 11.6. The molecule has 268 valence electrons. The predicted octanol–water partition coefficient (Wildman–Crippen LogP) is 6.09. The Hall–Kier alpha value is -4.59. The fraction of sp³-hybridized carbons (Fsp3) is 0.371. The van der Waals surface area contributed by atoms with Gasteiger partial charge >= 0.3 is 5.97 Å². The second-order valence-electron chi connectivity index (χ2n) is 12.9. The lowest BCUT2D eigenvalue weighted by molar-refractivity contribution is -0.137. The number of carbonyl (C=O) groups is 1.